The van der Waals surface area contributed by atoms with E-state index >= 15 is 0 Å². The average molecular weight is 293 g/mol. The Labute approximate surface area is 91.1 Å². The summed E-state index contributed by atoms with van der Waals surface area (Å²) in [7, 11) is 0. The van der Waals surface area contributed by atoms with Crippen molar-refractivity contribution in [1.29, 1.82) is 0 Å². The molecule has 0 aromatic heterocycles. The summed E-state index contributed by atoms with van der Waals surface area (Å²) in [4.78, 5) is 0. The van der Waals surface area contributed by atoms with Crippen molar-refractivity contribution in [3.8, 4) is 0 Å². The molecule has 1 aliphatic carbocycles. The van der Waals surface area contributed by atoms with E-state index in [4.69, 9.17) is 9.68 Å². The maximum absolute atomic E-state index is 5.85. The van der Waals surface area contributed by atoms with E-state index in [9.17, 15) is 0 Å². The summed E-state index contributed by atoms with van der Waals surface area (Å²) in [6, 6.07) is 0. The minimum atomic E-state index is -0.364. The van der Waals surface area contributed by atoms with Crippen LogP contribution in [0.2, 0.25) is 0 Å². The van der Waals surface area contributed by atoms with E-state index in [-0.39, 0.29) is 21.5 Å². The minimum absolute atomic E-state index is 0.364. The van der Waals surface area contributed by atoms with E-state index in [1.807, 2.05) is 0 Å². The van der Waals surface area contributed by atoms with Crippen LogP contribution in [0.3, 0.4) is 0 Å². The Morgan fingerprint density at radius 3 is 2.46 bits per heavy atom. The second kappa shape index (κ2) is 4.46. The van der Waals surface area contributed by atoms with E-state index < -0.39 is 0 Å². The first-order valence-electron chi connectivity index (χ1n) is 4.57. The summed E-state index contributed by atoms with van der Waals surface area (Å²) in [5.74, 6) is 2.22. The van der Waals surface area contributed by atoms with Crippen molar-refractivity contribution in [2.75, 3.05) is 0 Å². The fourth-order valence-corrected chi connectivity index (χ4v) is 3.68. The molecule has 0 bridgehead atoms. The second-order valence-electron chi connectivity index (χ2n) is 3.80. The zero-order chi connectivity index (χ0) is 10.0. The van der Waals surface area contributed by atoms with Crippen molar-refractivity contribution < 1.29 is 21.5 Å². The molecule has 13 heavy (non-hydrogen) atoms. The van der Waals surface area contributed by atoms with Crippen LogP contribution in [-0.4, -0.2) is 0 Å². The van der Waals surface area contributed by atoms with Crippen LogP contribution in [0.15, 0.2) is 21.9 Å². The standard InChI is InChI=1S/C10H18IN2/c1-4-9(12)10(11-13)8-5-6(2)7(8)3/h4,6-8H,1,5,12-13H2,2-3H3/q-1/b10-9-/t6?,7?,8-/m0/s1. The van der Waals surface area contributed by atoms with Gasteiger partial charge in [0.1, 0.15) is 0 Å². The Balaban J connectivity index is 2.75. The first kappa shape index (κ1) is 11.0. The van der Waals surface area contributed by atoms with E-state index in [1.165, 1.54) is 10.0 Å². The van der Waals surface area contributed by atoms with Crippen LogP contribution in [0.5, 0.6) is 0 Å². The molecule has 1 aliphatic rings. The quantitative estimate of drug-likeness (QED) is 0.382. The number of halogens is 1. The van der Waals surface area contributed by atoms with Crippen LogP contribution < -0.4 is 31.2 Å². The van der Waals surface area contributed by atoms with Gasteiger partial charge in [-0.1, -0.05) is 0 Å². The molecule has 3 atom stereocenters. The maximum atomic E-state index is 5.85. The molecule has 76 valence electrons. The molecule has 1 fully saturated rings. The Hall–Kier alpha value is -0.0300. The zero-order valence-electron chi connectivity index (χ0n) is 8.26. The van der Waals surface area contributed by atoms with Crippen LogP contribution in [0.1, 0.15) is 20.3 Å². The second-order valence-corrected chi connectivity index (χ2v) is 5.58. The van der Waals surface area contributed by atoms with Gasteiger partial charge in [-0.15, -0.1) is 0 Å². The molecule has 2 unspecified atom stereocenters. The molecule has 0 aromatic carbocycles. The van der Waals surface area contributed by atoms with Gasteiger partial charge in [-0.05, 0) is 0 Å². The third-order valence-electron chi connectivity index (χ3n) is 3.10. The molecular weight excluding hydrogens is 275 g/mol. The Morgan fingerprint density at radius 2 is 2.15 bits per heavy atom. The van der Waals surface area contributed by atoms with Crippen LogP contribution in [0.25, 0.3) is 0 Å². The van der Waals surface area contributed by atoms with Gasteiger partial charge in [-0.3, -0.25) is 0 Å². The first-order valence-corrected chi connectivity index (χ1v) is 6.89. The molecule has 0 amide bonds. The molecular formula is C10H18IN2-. The summed E-state index contributed by atoms with van der Waals surface area (Å²) >= 11 is -0.364. The third kappa shape index (κ3) is 2.07. The summed E-state index contributed by atoms with van der Waals surface area (Å²) in [5, 5.41) is 0. The van der Waals surface area contributed by atoms with Crippen LogP contribution in [0, 0.1) is 17.8 Å². The fourth-order valence-electron chi connectivity index (χ4n) is 1.82. The van der Waals surface area contributed by atoms with Gasteiger partial charge < -0.3 is 0 Å². The summed E-state index contributed by atoms with van der Waals surface area (Å²) in [5.41, 5.74) is 6.69. The molecule has 0 aliphatic heterocycles. The Morgan fingerprint density at radius 1 is 1.54 bits per heavy atom. The van der Waals surface area contributed by atoms with E-state index in [1.54, 1.807) is 6.08 Å². The molecule has 0 heterocycles. The van der Waals surface area contributed by atoms with Gasteiger partial charge in [0.2, 0.25) is 0 Å². The number of hydrogen-bond acceptors (Lipinski definition) is 2. The molecule has 1 saturated carbocycles. The van der Waals surface area contributed by atoms with Gasteiger partial charge in [0.15, 0.2) is 0 Å². The van der Waals surface area contributed by atoms with Crippen molar-refractivity contribution >= 4 is 0 Å². The topological polar surface area (TPSA) is 52.0 Å². The average Bonchev–Trinajstić information content (AvgIpc) is 2.16. The molecule has 0 saturated heterocycles. The van der Waals surface area contributed by atoms with Crippen LogP contribution in [0.4, 0.5) is 0 Å². The van der Waals surface area contributed by atoms with Crippen molar-refractivity contribution in [3.63, 3.8) is 0 Å². The number of rotatable bonds is 3. The van der Waals surface area contributed by atoms with Crippen LogP contribution in [-0.2, 0) is 0 Å². The van der Waals surface area contributed by atoms with E-state index in [0.29, 0.717) is 5.92 Å². The van der Waals surface area contributed by atoms with Gasteiger partial charge in [0.25, 0.3) is 0 Å². The third-order valence-corrected chi connectivity index (χ3v) is 5.19. The van der Waals surface area contributed by atoms with Crippen molar-refractivity contribution in [3.05, 3.63) is 21.9 Å². The summed E-state index contributed by atoms with van der Waals surface area (Å²) < 4.78 is 7.10. The van der Waals surface area contributed by atoms with Crippen LogP contribution >= 0.6 is 0 Å². The van der Waals surface area contributed by atoms with Gasteiger partial charge in [-0.25, -0.2) is 0 Å². The Kier molecular flexibility index (Phi) is 3.79. The van der Waals surface area contributed by atoms with Crippen molar-refractivity contribution in [1.82, 2.24) is 0 Å². The normalized spacial score (nSPS) is 35.2. The van der Waals surface area contributed by atoms with E-state index in [0.717, 1.165) is 17.5 Å². The predicted molar refractivity (Wildman–Crippen MR) is 52.0 cm³/mol. The SMILES string of the molecule is C=C/C(N)=C(/[I-]N)[C@H]1CC(C)C1C. The van der Waals surface area contributed by atoms with Gasteiger partial charge in [-0.2, -0.15) is 0 Å². The number of hydrogen-bond donors (Lipinski definition) is 2. The van der Waals surface area contributed by atoms with Gasteiger partial charge in [0.05, 0.1) is 0 Å². The monoisotopic (exact) mass is 293 g/mol. The number of nitrogens with two attached hydrogens (primary N) is 2. The molecule has 1 rings (SSSR count). The number of allylic oxidation sites excluding steroid dienone is 2. The van der Waals surface area contributed by atoms with Gasteiger partial charge >= 0.3 is 91.1 Å². The van der Waals surface area contributed by atoms with Gasteiger partial charge in [0, 0.05) is 0 Å². The summed E-state index contributed by atoms with van der Waals surface area (Å²) in [6.45, 7) is 8.27. The molecule has 0 spiro atoms. The fraction of sp³-hybridized carbons (Fsp3) is 0.600. The molecule has 4 N–H and O–H groups in total. The summed E-state index contributed by atoms with van der Waals surface area (Å²) in [6.07, 6.45) is 2.99. The molecule has 0 radical (unpaired) electrons. The first-order chi connectivity index (χ1) is 6.11. The molecule has 3 heteroatoms. The predicted octanol–water partition coefficient (Wildman–Crippen LogP) is -1.40. The van der Waals surface area contributed by atoms with Crippen molar-refractivity contribution in [2.45, 2.75) is 20.3 Å². The van der Waals surface area contributed by atoms with E-state index in [2.05, 4.69) is 20.4 Å². The zero-order valence-corrected chi connectivity index (χ0v) is 10.4. The molecule has 2 nitrogen and oxygen atoms in total. The van der Waals surface area contributed by atoms with Crippen molar-refractivity contribution in [2.24, 2.45) is 27.4 Å². The molecule has 0 aromatic rings. The Bertz CT molecular complexity index is 235.